The first-order valence-corrected chi connectivity index (χ1v) is 26.3. The lowest BCUT2D eigenvalue weighted by molar-refractivity contribution is 1.15. The Morgan fingerprint density at radius 2 is 0.633 bits per heavy atom. The molecule has 4 aromatic heterocycles. The summed E-state index contributed by atoms with van der Waals surface area (Å²) in [4.78, 5) is 10.7. The highest BCUT2D eigenvalue weighted by Crippen LogP contribution is 2.47. The van der Waals surface area contributed by atoms with Crippen molar-refractivity contribution in [3.05, 3.63) is 272 Å². The predicted molar refractivity (Wildman–Crippen MR) is 322 cm³/mol. The maximum Gasteiger partial charge on any atom is 0.160 e. The van der Waals surface area contributed by atoms with Crippen LogP contribution in [0, 0.1) is 22.7 Å². The summed E-state index contributed by atoms with van der Waals surface area (Å²) < 4.78 is 7.09. The monoisotopic (exact) mass is 1010 g/mol. The molecule has 15 aromatic rings. The number of benzene rings is 11. The number of aromatic nitrogens is 5. The van der Waals surface area contributed by atoms with Gasteiger partial charge in [-0.2, -0.15) is 10.5 Å². The van der Waals surface area contributed by atoms with Crippen molar-refractivity contribution in [2.24, 2.45) is 0 Å². The normalized spacial score (nSPS) is 11.5. The van der Waals surface area contributed by atoms with Crippen LogP contribution in [0.15, 0.2) is 261 Å². The molecule has 0 radical (unpaired) electrons. The van der Waals surface area contributed by atoms with Gasteiger partial charge >= 0.3 is 0 Å². The van der Waals surface area contributed by atoms with Crippen molar-refractivity contribution < 1.29 is 0 Å². The molecule has 0 fully saturated rings. The summed E-state index contributed by atoms with van der Waals surface area (Å²) in [6.45, 7) is 0. The van der Waals surface area contributed by atoms with Crippen molar-refractivity contribution in [1.82, 2.24) is 23.7 Å². The zero-order valence-corrected chi connectivity index (χ0v) is 42.5. The summed E-state index contributed by atoms with van der Waals surface area (Å²) in [6.07, 6.45) is 0. The van der Waals surface area contributed by atoms with Gasteiger partial charge in [0.05, 0.1) is 73.4 Å². The largest absolute Gasteiger partial charge is 0.309 e. The Morgan fingerprint density at radius 1 is 0.278 bits per heavy atom. The lowest BCUT2D eigenvalue weighted by atomic mass is 9.89. The number of hydrogen-bond donors (Lipinski definition) is 0. The Labute approximate surface area is 454 Å². The Balaban J connectivity index is 1.09. The summed E-state index contributed by atoms with van der Waals surface area (Å²) in [7, 11) is 0. The fourth-order valence-corrected chi connectivity index (χ4v) is 12.1. The van der Waals surface area contributed by atoms with E-state index in [1.807, 2.05) is 91.0 Å². The van der Waals surface area contributed by atoms with Crippen LogP contribution >= 0.6 is 0 Å². The summed E-state index contributed by atoms with van der Waals surface area (Å²) in [6, 6.07) is 95.4. The van der Waals surface area contributed by atoms with Crippen molar-refractivity contribution in [1.29, 1.82) is 10.5 Å². The summed E-state index contributed by atoms with van der Waals surface area (Å²) in [5.41, 5.74) is 17.5. The molecule has 0 spiro atoms. The van der Waals surface area contributed by atoms with Crippen LogP contribution in [0.1, 0.15) is 11.1 Å². The van der Waals surface area contributed by atoms with Gasteiger partial charge in [0.15, 0.2) is 5.82 Å². The molecule has 7 nitrogen and oxygen atoms in total. The van der Waals surface area contributed by atoms with Gasteiger partial charge in [-0.25, -0.2) is 9.97 Å². The molecule has 15 rings (SSSR count). The van der Waals surface area contributed by atoms with Crippen LogP contribution in [0.25, 0.3) is 139 Å². The third-order valence-corrected chi connectivity index (χ3v) is 15.5. The zero-order chi connectivity index (χ0) is 52.6. The summed E-state index contributed by atoms with van der Waals surface area (Å²) >= 11 is 0. The van der Waals surface area contributed by atoms with E-state index in [9.17, 15) is 10.5 Å². The molecule has 0 atom stereocenters. The predicted octanol–water partition coefficient (Wildman–Crippen LogP) is 17.8. The number of fused-ring (bicyclic) bond motifs is 9. The molecule has 0 aliphatic heterocycles. The molecule has 0 saturated carbocycles. The van der Waals surface area contributed by atoms with Gasteiger partial charge in [0.1, 0.15) is 0 Å². The van der Waals surface area contributed by atoms with Crippen molar-refractivity contribution in [2.45, 2.75) is 0 Å². The van der Waals surface area contributed by atoms with Crippen LogP contribution in [-0.4, -0.2) is 23.7 Å². The fraction of sp³-hybridized carbons (Fsp3) is 0. The molecule has 11 aromatic carbocycles. The third-order valence-electron chi connectivity index (χ3n) is 15.5. The maximum atomic E-state index is 11.0. The Bertz CT molecular complexity index is 4630. The molecule has 0 aliphatic rings. The number of rotatable bonds is 8. The molecule has 79 heavy (non-hydrogen) atoms. The number of nitriles is 2. The Kier molecular flexibility index (Phi) is 10.5. The quantitative estimate of drug-likeness (QED) is 0.152. The first-order chi connectivity index (χ1) is 39.1. The van der Waals surface area contributed by atoms with Crippen molar-refractivity contribution in [3.63, 3.8) is 0 Å². The Morgan fingerprint density at radius 3 is 1.04 bits per heavy atom. The summed E-state index contributed by atoms with van der Waals surface area (Å²) in [5, 5.41) is 28.9. The minimum absolute atomic E-state index is 0.506. The van der Waals surface area contributed by atoms with Gasteiger partial charge in [0.25, 0.3) is 0 Å². The molecule has 0 N–H and O–H groups in total. The molecule has 0 saturated heterocycles. The number of para-hydroxylation sites is 4. The zero-order valence-electron chi connectivity index (χ0n) is 42.5. The van der Waals surface area contributed by atoms with Gasteiger partial charge in [-0.15, -0.1) is 0 Å². The van der Waals surface area contributed by atoms with E-state index in [4.69, 9.17) is 9.97 Å². The maximum absolute atomic E-state index is 11.0. The lowest BCUT2D eigenvalue weighted by Crippen LogP contribution is -2.04. The Hall–Kier alpha value is -11.1. The average Bonchev–Trinajstić information content (AvgIpc) is 4.38. The highest BCUT2D eigenvalue weighted by atomic mass is 15.0. The molecule has 0 bridgehead atoms. The fourth-order valence-electron chi connectivity index (χ4n) is 12.1. The van der Waals surface area contributed by atoms with Crippen molar-refractivity contribution in [2.75, 3.05) is 0 Å². The third kappa shape index (κ3) is 7.26. The molecule has 0 amide bonds. The van der Waals surface area contributed by atoms with Crippen LogP contribution in [-0.2, 0) is 0 Å². The van der Waals surface area contributed by atoms with E-state index in [1.54, 1.807) is 0 Å². The molecule has 366 valence electrons. The van der Waals surface area contributed by atoms with Crippen molar-refractivity contribution >= 4 is 65.4 Å². The minimum Gasteiger partial charge on any atom is -0.309 e. The van der Waals surface area contributed by atoms with Crippen LogP contribution < -0.4 is 0 Å². The second-order valence-corrected chi connectivity index (χ2v) is 19.9. The van der Waals surface area contributed by atoms with E-state index in [0.29, 0.717) is 17.0 Å². The minimum atomic E-state index is 0.506. The van der Waals surface area contributed by atoms with E-state index in [0.717, 1.165) is 111 Å². The molecular formula is C72H43N7. The van der Waals surface area contributed by atoms with Crippen LogP contribution in [0.3, 0.4) is 0 Å². The van der Waals surface area contributed by atoms with Crippen LogP contribution in [0.5, 0.6) is 0 Å². The highest BCUT2D eigenvalue weighted by Gasteiger charge is 2.26. The molecule has 4 heterocycles. The second-order valence-electron chi connectivity index (χ2n) is 19.9. The SMILES string of the molecule is N#Cc1ccccc1-c1cc(-c2nc(-c3ccccc3)cc(-c3ccccc3)n2)cc(-c2ccccc2C#N)c1-n1c2ccc(-n3c4ccccc4c4ccccc43)cc2c2cc(-n3c4ccccc4c4ccccc43)ccc21. The smallest absolute Gasteiger partial charge is 0.160 e. The standard InChI is InChI=1S/C72H43N7/c73-44-48-23-7-9-25-53(48)61-39-50(72-75-63(46-19-3-1-4-20-46)43-64(76-72)47-21-5-2-6-22-47)40-62(54-26-10-8-24-49(54)45-74)71(61)79-69-37-35-51(77-65-31-15-11-27-55(65)56-28-12-16-32-66(56)77)41-59(69)60-42-52(36-38-70(60)79)78-67-33-17-13-29-57(67)58-30-14-18-34-68(58)78/h1-43H. The van der Waals surface area contributed by atoms with Crippen molar-refractivity contribution in [3.8, 4) is 85.4 Å². The van der Waals surface area contributed by atoms with Gasteiger partial charge in [-0.05, 0) is 91.0 Å². The topological polar surface area (TPSA) is 88.2 Å². The second kappa shape index (κ2) is 18.3. The highest BCUT2D eigenvalue weighted by molar-refractivity contribution is 6.15. The van der Waals surface area contributed by atoms with E-state index in [2.05, 4.69) is 196 Å². The van der Waals surface area contributed by atoms with E-state index < -0.39 is 0 Å². The molecule has 0 unspecified atom stereocenters. The van der Waals surface area contributed by atoms with E-state index in [1.165, 1.54) is 21.5 Å². The van der Waals surface area contributed by atoms with Gasteiger partial charge in [0, 0.05) is 82.6 Å². The summed E-state index contributed by atoms with van der Waals surface area (Å²) in [5.74, 6) is 0.506. The van der Waals surface area contributed by atoms with Crippen LogP contribution in [0.2, 0.25) is 0 Å². The van der Waals surface area contributed by atoms with Crippen LogP contribution in [0.4, 0.5) is 0 Å². The van der Waals surface area contributed by atoms with E-state index in [-0.39, 0.29) is 0 Å². The van der Waals surface area contributed by atoms with Gasteiger partial charge in [0.2, 0.25) is 0 Å². The molecule has 0 aliphatic carbocycles. The van der Waals surface area contributed by atoms with Gasteiger partial charge in [-0.1, -0.05) is 170 Å². The van der Waals surface area contributed by atoms with Gasteiger partial charge in [-0.3, -0.25) is 0 Å². The number of nitrogens with zero attached hydrogens (tertiary/aromatic N) is 7. The number of hydrogen-bond acceptors (Lipinski definition) is 4. The van der Waals surface area contributed by atoms with E-state index >= 15 is 0 Å². The first-order valence-electron chi connectivity index (χ1n) is 26.3. The molecular weight excluding hydrogens is 963 g/mol. The first kappa shape index (κ1) is 45.3. The van der Waals surface area contributed by atoms with Gasteiger partial charge < -0.3 is 13.7 Å². The average molecular weight is 1010 g/mol. The molecule has 7 heteroatoms. The lowest BCUT2D eigenvalue weighted by Gasteiger charge is -2.22.